The van der Waals surface area contributed by atoms with E-state index in [2.05, 4.69) is 23.5 Å². The number of sulfonamides is 1. The summed E-state index contributed by atoms with van der Waals surface area (Å²) in [5.41, 5.74) is -0.194. The van der Waals surface area contributed by atoms with Gasteiger partial charge in [-0.25, -0.2) is 17.5 Å². The zero-order chi connectivity index (χ0) is 22.8. The lowest BCUT2D eigenvalue weighted by molar-refractivity contribution is -0.0728. The fraction of sp³-hybridized carbons (Fsp3) is 0.682. The van der Waals surface area contributed by atoms with Gasteiger partial charge in [0.2, 0.25) is 10.0 Å². The Balaban J connectivity index is 1.62. The molecular formula is C22H34FN3O4S. The molecule has 2 fully saturated rings. The largest absolute Gasteiger partial charge is 0.373 e. The minimum absolute atomic E-state index is 0.101. The molecule has 1 aromatic rings. The smallest absolute Gasteiger partial charge is 0.256 e. The molecule has 0 spiro atoms. The van der Waals surface area contributed by atoms with Gasteiger partial charge in [0.1, 0.15) is 5.82 Å². The molecule has 1 aromatic carbocycles. The van der Waals surface area contributed by atoms with Gasteiger partial charge in [0, 0.05) is 38.8 Å². The van der Waals surface area contributed by atoms with Crippen LogP contribution in [0.4, 0.5) is 4.39 Å². The zero-order valence-electron chi connectivity index (χ0n) is 18.8. The predicted molar refractivity (Wildman–Crippen MR) is 117 cm³/mol. The molecule has 0 aliphatic carbocycles. The third-order valence-corrected chi connectivity index (χ3v) is 7.44. The summed E-state index contributed by atoms with van der Waals surface area (Å²) >= 11 is 0. The topological polar surface area (TPSA) is 79.0 Å². The van der Waals surface area contributed by atoms with E-state index in [-0.39, 0.29) is 28.7 Å². The summed E-state index contributed by atoms with van der Waals surface area (Å²) in [6.07, 6.45) is 2.14. The molecule has 2 unspecified atom stereocenters. The first-order valence-electron chi connectivity index (χ1n) is 11.0. The number of carbonyl (C=O) groups excluding carboxylic acids is 1. The Labute approximate surface area is 185 Å². The minimum atomic E-state index is -3.80. The first-order chi connectivity index (χ1) is 14.5. The second-order valence-corrected chi connectivity index (χ2v) is 10.8. The van der Waals surface area contributed by atoms with Crippen LogP contribution in [0.25, 0.3) is 0 Å². The third kappa shape index (κ3) is 6.25. The number of nitrogens with one attached hydrogen (secondary N) is 1. The highest BCUT2D eigenvalue weighted by molar-refractivity contribution is 7.89. The average molecular weight is 456 g/mol. The van der Waals surface area contributed by atoms with Gasteiger partial charge in [-0.15, -0.1) is 0 Å². The Morgan fingerprint density at radius 1 is 1.19 bits per heavy atom. The molecule has 2 saturated heterocycles. The first-order valence-corrected chi connectivity index (χ1v) is 12.5. The summed E-state index contributed by atoms with van der Waals surface area (Å²) in [6, 6.07) is 3.08. The molecule has 7 nitrogen and oxygen atoms in total. The highest BCUT2D eigenvalue weighted by Gasteiger charge is 2.29. The van der Waals surface area contributed by atoms with Crippen LogP contribution in [0, 0.1) is 11.7 Å². The molecule has 9 heteroatoms. The molecule has 2 aliphatic rings. The number of nitrogens with zero attached hydrogens (tertiary/aromatic N) is 2. The number of hydrogen-bond donors (Lipinski definition) is 1. The Bertz CT molecular complexity index is 875. The lowest BCUT2D eigenvalue weighted by Crippen LogP contribution is -2.48. The van der Waals surface area contributed by atoms with Crippen LogP contribution in [0.15, 0.2) is 23.1 Å². The van der Waals surface area contributed by atoms with Crippen molar-refractivity contribution >= 4 is 15.9 Å². The van der Waals surface area contributed by atoms with Gasteiger partial charge >= 0.3 is 0 Å². The van der Waals surface area contributed by atoms with Crippen molar-refractivity contribution in [3.8, 4) is 0 Å². The molecule has 0 saturated carbocycles. The predicted octanol–water partition coefficient (Wildman–Crippen LogP) is 2.47. The fourth-order valence-corrected chi connectivity index (χ4v) is 5.78. The van der Waals surface area contributed by atoms with Crippen LogP contribution < -0.4 is 4.72 Å². The van der Waals surface area contributed by atoms with E-state index in [9.17, 15) is 17.6 Å². The van der Waals surface area contributed by atoms with E-state index in [1.54, 1.807) is 18.7 Å². The van der Waals surface area contributed by atoms with Gasteiger partial charge in [-0.1, -0.05) is 0 Å². The maximum absolute atomic E-state index is 14.4. The number of carbonyl (C=O) groups is 1. The monoisotopic (exact) mass is 455 g/mol. The van der Waals surface area contributed by atoms with Crippen molar-refractivity contribution in [2.24, 2.45) is 5.92 Å². The van der Waals surface area contributed by atoms with E-state index in [0.29, 0.717) is 19.0 Å². The first kappa shape index (κ1) is 24.1. The number of benzene rings is 1. The molecule has 2 atom stereocenters. The quantitative estimate of drug-likeness (QED) is 0.713. The highest BCUT2D eigenvalue weighted by Crippen LogP contribution is 2.24. The Kier molecular flexibility index (Phi) is 7.72. The molecule has 0 bridgehead atoms. The van der Waals surface area contributed by atoms with Gasteiger partial charge in [-0.05, 0) is 64.7 Å². The Hall–Kier alpha value is -1.55. The minimum Gasteiger partial charge on any atom is -0.373 e. The summed E-state index contributed by atoms with van der Waals surface area (Å²) in [6.45, 7) is 11.5. The second-order valence-electron chi connectivity index (χ2n) is 9.13. The number of hydrogen-bond acceptors (Lipinski definition) is 5. The summed E-state index contributed by atoms with van der Waals surface area (Å²) in [5.74, 6) is -0.675. The lowest BCUT2D eigenvalue weighted by atomic mass is 9.95. The lowest BCUT2D eigenvalue weighted by Gasteiger charge is -2.39. The maximum Gasteiger partial charge on any atom is 0.256 e. The van der Waals surface area contributed by atoms with Crippen molar-refractivity contribution in [1.29, 1.82) is 0 Å². The molecule has 2 heterocycles. The highest BCUT2D eigenvalue weighted by atomic mass is 32.2. The number of morpholine rings is 1. The number of piperidine rings is 1. The van der Waals surface area contributed by atoms with E-state index in [1.807, 2.05) is 0 Å². The fourth-order valence-electron chi connectivity index (χ4n) is 4.50. The normalized spacial score (nSPS) is 24.0. The van der Waals surface area contributed by atoms with Crippen molar-refractivity contribution in [2.75, 3.05) is 32.7 Å². The summed E-state index contributed by atoms with van der Waals surface area (Å²) in [4.78, 5) is 16.9. The SMILES string of the molecule is CC(C)NS(=O)(=O)c1ccc(F)c(C(=O)N2CCC(CN3CC(C)OC(C)C3)CC2)c1. The molecule has 3 rings (SSSR count). The maximum atomic E-state index is 14.4. The van der Waals surface area contributed by atoms with Crippen molar-refractivity contribution in [3.63, 3.8) is 0 Å². The van der Waals surface area contributed by atoms with E-state index in [1.165, 1.54) is 6.07 Å². The van der Waals surface area contributed by atoms with Crippen LogP contribution in [0.3, 0.4) is 0 Å². The van der Waals surface area contributed by atoms with Crippen LogP contribution in [0.5, 0.6) is 0 Å². The molecule has 0 aromatic heterocycles. The second kappa shape index (κ2) is 9.94. The van der Waals surface area contributed by atoms with E-state index in [4.69, 9.17) is 4.74 Å². The average Bonchev–Trinajstić information content (AvgIpc) is 2.66. The number of halogens is 1. The summed E-state index contributed by atoms with van der Waals surface area (Å²) < 4.78 is 47.5. The van der Waals surface area contributed by atoms with Gasteiger partial charge < -0.3 is 9.64 Å². The summed E-state index contributed by atoms with van der Waals surface area (Å²) in [7, 11) is -3.80. The van der Waals surface area contributed by atoms with Crippen LogP contribution in [-0.2, 0) is 14.8 Å². The van der Waals surface area contributed by atoms with Crippen LogP contribution in [0.1, 0.15) is 50.9 Å². The van der Waals surface area contributed by atoms with Crippen LogP contribution >= 0.6 is 0 Å². The van der Waals surface area contributed by atoms with Gasteiger partial charge in [-0.3, -0.25) is 9.69 Å². The molecule has 31 heavy (non-hydrogen) atoms. The number of ether oxygens (including phenoxy) is 1. The number of likely N-dealkylation sites (tertiary alicyclic amines) is 1. The van der Waals surface area contributed by atoms with E-state index in [0.717, 1.165) is 44.6 Å². The standard InChI is InChI=1S/C22H34FN3O4S/c1-15(2)24-31(28,29)19-5-6-21(23)20(11-19)22(27)26-9-7-18(8-10-26)14-25-12-16(3)30-17(4)13-25/h5-6,11,15-18,24H,7-10,12-14H2,1-4H3. The molecule has 0 radical (unpaired) electrons. The van der Waals surface area contributed by atoms with Crippen molar-refractivity contribution in [3.05, 3.63) is 29.6 Å². The number of amides is 1. The summed E-state index contributed by atoms with van der Waals surface area (Å²) in [5, 5.41) is 0. The van der Waals surface area contributed by atoms with Gasteiger partial charge in [0.25, 0.3) is 5.91 Å². The molecular weight excluding hydrogens is 421 g/mol. The molecule has 2 aliphatic heterocycles. The van der Waals surface area contributed by atoms with Crippen LogP contribution in [-0.4, -0.2) is 75.1 Å². The van der Waals surface area contributed by atoms with Crippen molar-refractivity contribution < 1.29 is 22.3 Å². The molecule has 1 N–H and O–H groups in total. The Morgan fingerprint density at radius 2 is 1.81 bits per heavy atom. The van der Waals surface area contributed by atoms with Crippen LogP contribution in [0.2, 0.25) is 0 Å². The van der Waals surface area contributed by atoms with Gasteiger partial charge in [0.05, 0.1) is 22.7 Å². The Morgan fingerprint density at radius 3 is 2.39 bits per heavy atom. The van der Waals surface area contributed by atoms with Crippen molar-refractivity contribution in [2.45, 2.75) is 63.7 Å². The van der Waals surface area contributed by atoms with E-state index < -0.39 is 21.7 Å². The molecule has 174 valence electrons. The molecule has 1 amide bonds. The van der Waals surface area contributed by atoms with Gasteiger partial charge in [0.15, 0.2) is 0 Å². The van der Waals surface area contributed by atoms with Gasteiger partial charge in [-0.2, -0.15) is 0 Å². The zero-order valence-corrected chi connectivity index (χ0v) is 19.6. The number of rotatable bonds is 6. The third-order valence-electron chi connectivity index (χ3n) is 5.78. The van der Waals surface area contributed by atoms with E-state index >= 15 is 0 Å². The van der Waals surface area contributed by atoms with Crippen molar-refractivity contribution in [1.82, 2.24) is 14.5 Å².